The Kier molecular flexibility index (Phi) is 6.68. The molecule has 0 N–H and O–H groups in total. The highest BCUT2D eigenvalue weighted by Gasteiger charge is 2.42. The van der Waals surface area contributed by atoms with Crippen molar-refractivity contribution in [2.45, 2.75) is 39.0 Å². The van der Waals surface area contributed by atoms with Crippen LogP contribution in [0, 0.1) is 5.41 Å². The molecule has 0 atom stereocenters. The summed E-state index contributed by atoms with van der Waals surface area (Å²) < 4.78 is 0. The van der Waals surface area contributed by atoms with E-state index in [1.165, 1.54) is 0 Å². The topological polar surface area (TPSA) is 53.5 Å². The molecule has 5 nitrogen and oxygen atoms in total. The summed E-state index contributed by atoms with van der Waals surface area (Å²) in [6.07, 6.45) is 7.20. The molecule has 0 radical (unpaired) electrons. The van der Waals surface area contributed by atoms with Crippen LogP contribution in [0.4, 0.5) is 0 Å². The third kappa shape index (κ3) is 4.84. The van der Waals surface area contributed by atoms with Crippen molar-refractivity contribution in [1.29, 1.82) is 0 Å². The van der Waals surface area contributed by atoms with E-state index in [1.807, 2.05) is 44.2 Å². The van der Waals surface area contributed by atoms with Gasteiger partial charge in [-0.3, -0.25) is 14.6 Å². The van der Waals surface area contributed by atoms with E-state index in [4.69, 9.17) is 0 Å². The second-order valence-corrected chi connectivity index (χ2v) is 8.23. The maximum absolute atomic E-state index is 13.1. The largest absolute Gasteiger partial charge is 0.348 e. The fourth-order valence-corrected chi connectivity index (χ4v) is 4.24. The van der Waals surface area contributed by atoms with E-state index in [-0.39, 0.29) is 11.8 Å². The molecule has 1 saturated heterocycles. The molecular weight excluding hydrogens is 362 g/mol. The first kappa shape index (κ1) is 21.0. The summed E-state index contributed by atoms with van der Waals surface area (Å²) in [4.78, 5) is 33.2. The Morgan fingerprint density at radius 1 is 1.07 bits per heavy atom. The number of rotatable bonds is 6. The molecule has 3 rings (SSSR count). The molecule has 154 valence electrons. The minimum atomic E-state index is -0.442. The van der Waals surface area contributed by atoms with Crippen LogP contribution in [-0.4, -0.2) is 53.8 Å². The number of benzene rings is 1. The number of pyridine rings is 1. The quantitative estimate of drug-likeness (QED) is 0.750. The number of aromatic nitrogens is 1. The van der Waals surface area contributed by atoms with Crippen molar-refractivity contribution in [3.8, 4) is 11.1 Å². The zero-order chi connectivity index (χ0) is 20.9. The summed E-state index contributed by atoms with van der Waals surface area (Å²) in [6.45, 7) is 3.34. The molecule has 1 fully saturated rings. The van der Waals surface area contributed by atoms with Gasteiger partial charge in [-0.15, -0.1) is 0 Å². The van der Waals surface area contributed by atoms with Crippen LogP contribution in [0.25, 0.3) is 11.1 Å². The van der Waals surface area contributed by atoms with Gasteiger partial charge in [-0.05, 0) is 48.4 Å². The van der Waals surface area contributed by atoms with Crippen LogP contribution >= 0.6 is 0 Å². The maximum Gasteiger partial charge on any atom is 0.228 e. The fraction of sp³-hybridized carbons (Fsp3) is 0.458. The first-order valence-electron chi connectivity index (χ1n) is 10.4. The van der Waals surface area contributed by atoms with Crippen molar-refractivity contribution in [2.75, 3.05) is 27.2 Å². The van der Waals surface area contributed by atoms with E-state index in [9.17, 15) is 9.59 Å². The summed E-state index contributed by atoms with van der Waals surface area (Å²) in [5.74, 6) is 0.371. The van der Waals surface area contributed by atoms with Gasteiger partial charge in [0.2, 0.25) is 11.8 Å². The van der Waals surface area contributed by atoms with E-state index in [0.29, 0.717) is 38.8 Å². The number of hydrogen-bond donors (Lipinski definition) is 0. The van der Waals surface area contributed by atoms with Gasteiger partial charge in [-0.2, -0.15) is 0 Å². The van der Waals surface area contributed by atoms with Crippen LogP contribution in [0.2, 0.25) is 0 Å². The summed E-state index contributed by atoms with van der Waals surface area (Å²) in [6, 6.07) is 12.4. The van der Waals surface area contributed by atoms with Crippen LogP contribution in [0.5, 0.6) is 0 Å². The van der Waals surface area contributed by atoms with Gasteiger partial charge in [0.1, 0.15) is 0 Å². The first-order valence-corrected chi connectivity index (χ1v) is 10.4. The van der Waals surface area contributed by atoms with Crippen LogP contribution in [0.1, 0.15) is 38.2 Å². The number of likely N-dealkylation sites (tertiary alicyclic amines) is 1. The number of amides is 2. The predicted molar refractivity (Wildman–Crippen MR) is 115 cm³/mol. The van der Waals surface area contributed by atoms with E-state index in [1.54, 1.807) is 11.1 Å². The molecule has 1 aliphatic rings. The minimum Gasteiger partial charge on any atom is -0.348 e. The number of carbonyl (C=O) groups is 2. The highest BCUT2D eigenvalue weighted by atomic mass is 16.2. The smallest absolute Gasteiger partial charge is 0.228 e. The highest BCUT2D eigenvalue weighted by Crippen LogP contribution is 2.37. The Morgan fingerprint density at radius 2 is 1.76 bits per heavy atom. The first-order chi connectivity index (χ1) is 13.9. The molecule has 1 aliphatic heterocycles. The highest BCUT2D eigenvalue weighted by molar-refractivity contribution is 5.83. The SMILES string of the molecule is CCCC(=O)N1CCC(Cc2ccc(-c3cccnc3)cc2)(C(=O)N(C)C)CC1. The average Bonchev–Trinajstić information content (AvgIpc) is 2.75. The molecule has 0 aliphatic carbocycles. The molecule has 0 unspecified atom stereocenters. The summed E-state index contributed by atoms with van der Waals surface area (Å²) >= 11 is 0. The van der Waals surface area contributed by atoms with Gasteiger partial charge < -0.3 is 9.80 Å². The van der Waals surface area contributed by atoms with E-state index < -0.39 is 5.41 Å². The van der Waals surface area contributed by atoms with Gasteiger partial charge in [-0.25, -0.2) is 0 Å². The zero-order valence-corrected chi connectivity index (χ0v) is 17.7. The summed E-state index contributed by atoms with van der Waals surface area (Å²) in [7, 11) is 3.65. The maximum atomic E-state index is 13.1. The Morgan fingerprint density at radius 3 is 2.31 bits per heavy atom. The number of hydrogen-bond acceptors (Lipinski definition) is 3. The Bertz CT molecular complexity index is 823. The molecule has 0 bridgehead atoms. The molecule has 1 aromatic carbocycles. The summed E-state index contributed by atoms with van der Waals surface area (Å²) in [5.41, 5.74) is 2.92. The van der Waals surface area contributed by atoms with Gasteiger partial charge in [0.15, 0.2) is 0 Å². The van der Waals surface area contributed by atoms with Gasteiger partial charge in [0.05, 0.1) is 5.41 Å². The molecule has 0 spiro atoms. The monoisotopic (exact) mass is 393 g/mol. The Hall–Kier alpha value is -2.69. The standard InChI is InChI=1S/C24H31N3O2/c1-4-6-22(28)27-15-12-24(13-16-27,23(29)26(2)3)17-19-8-10-20(11-9-19)21-7-5-14-25-18-21/h5,7-11,14,18H,4,6,12-13,15-17H2,1-3H3. The molecule has 2 amide bonds. The molecule has 29 heavy (non-hydrogen) atoms. The van der Waals surface area contributed by atoms with Gasteiger partial charge in [0.25, 0.3) is 0 Å². The second-order valence-electron chi connectivity index (χ2n) is 8.23. The van der Waals surface area contributed by atoms with Gasteiger partial charge in [-0.1, -0.05) is 37.3 Å². The lowest BCUT2D eigenvalue weighted by atomic mass is 9.72. The third-order valence-electron chi connectivity index (χ3n) is 5.89. The van der Waals surface area contributed by atoms with Crippen molar-refractivity contribution < 1.29 is 9.59 Å². The van der Waals surface area contributed by atoms with Gasteiger partial charge >= 0.3 is 0 Å². The molecule has 2 aromatic rings. The molecule has 2 heterocycles. The van der Waals surface area contributed by atoms with Gasteiger partial charge in [0, 0.05) is 46.0 Å². The van der Waals surface area contributed by atoms with Crippen LogP contribution in [0.3, 0.4) is 0 Å². The van der Waals surface area contributed by atoms with Crippen molar-refractivity contribution in [1.82, 2.24) is 14.8 Å². The second kappa shape index (κ2) is 9.21. The predicted octanol–water partition coefficient (Wildman–Crippen LogP) is 3.79. The van der Waals surface area contributed by atoms with E-state index in [0.717, 1.165) is 23.1 Å². The lowest BCUT2D eigenvalue weighted by Crippen LogP contribution is -2.50. The molecule has 0 saturated carbocycles. The Labute approximate surface area is 173 Å². The lowest BCUT2D eigenvalue weighted by molar-refractivity contribution is -0.146. The fourth-order valence-electron chi connectivity index (χ4n) is 4.24. The van der Waals surface area contributed by atoms with Crippen LogP contribution in [-0.2, 0) is 16.0 Å². The lowest BCUT2D eigenvalue weighted by Gasteiger charge is -2.42. The van der Waals surface area contributed by atoms with E-state index in [2.05, 4.69) is 29.2 Å². The summed E-state index contributed by atoms with van der Waals surface area (Å²) in [5, 5.41) is 0. The van der Waals surface area contributed by atoms with Crippen molar-refractivity contribution >= 4 is 11.8 Å². The average molecular weight is 394 g/mol. The third-order valence-corrected chi connectivity index (χ3v) is 5.89. The van der Waals surface area contributed by atoms with Crippen LogP contribution < -0.4 is 0 Å². The van der Waals surface area contributed by atoms with Crippen LogP contribution in [0.15, 0.2) is 48.8 Å². The van der Waals surface area contributed by atoms with E-state index >= 15 is 0 Å². The molecule has 5 heteroatoms. The zero-order valence-electron chi connectivity index (χ0n) is 17.7. The molecule has 1 aromatic heterocycles. The van der Waals surface area contributed by atoms with Crippen molar-refractivity contribution in [3.05, 3.63) is 54.4 Å². The molecular formula is C24H31N3O2. The Balaban J connectivity index is 1.77. The normalized spacial score (nSPS) is 15.8. The van der Waals surface area contributed by atoms with Crippen molar-refractivity contribution in [2.24, 2.45) is 5.41 Å². The number of carbonyl (C=O) groups excluding carboxylic acids is 2. The number of nitrogens with zero attached hydrogens (tertiary/aromatic N) is 3. The number of piperidine rings is 1. The minimum absolute atomic E-state index is 0.163. The van der Waals surface area contributed by atoms with Crippen molar-refractivity contribution in [3.63, 3.8) is 0 Å².